The van der Waals surface area contributed by atoms with Gasteiger partial charge < -0.3 is 9.80 Å². The maximum Gasteiger partial charge on any atom is 0.242 e. The van der Waals surface area contributed by atoms with Crippen molar-refractivity contribution < 1.29 is 9.59 Å². The molecule has 100 valence electrons. The Labute approximate surface area is 105 Å². The van der Waals surface area contributed by atoms with E-state index in [9.17, 15) is 9.59 Å². The fourth-order valence-electron chi connectivity index (χ4n) is 1.60. The summed E-state index contributed by atoms with van der Waals surface area (Å²) >= 11 is 0. The van der Waals surface area contributed by atoms with Crippen molar-refractivity contribution in [2.24, 2.45) is 5.92 Å². The highest BCUT2D eigenvalue weighted by Gasteiger charge is 2.17. The quantitative estimate of drug-likeness (QED) is 0.682. The van der Waals surface area contributed by atoms with Crippen LogP contribution in [0.4, 0.5) is 0 Å². The van der Waals surface area contributed by atoms with Crippen LogP contribution in [-0.2, 0) is 9.59 Å². The summed E-state index contributed by atoms with van der Waals surface area (Å²) in [7, 11) is 0. The van der Waals surface area contributed by atoms with Crippen molar-refractivity contribution in [3.63, 3.8) is 0 Å². The molecule has 0 aliphatic carbocycles. The standard InChI is InChI=1S/C13H26N2O2/c1-6-14(7-2)13(17)10-15(12(5)16)9-8-11(3)4/h11H,6-10H2,1-5H3. The number of rotatable bonds is 7. The normalized spacial score (nSPS) is 10.5. The summed E-state index contributed by atoms with van der Waals surface area (Å²) in [5.41, 5.74) is 0. The molecule has 0 bridgehead atoms. The van der Waals surface area contributed by atoms with Gasteiger partial charge in [-0.1, -0.05) is 13.8 Å². The van der Waals surface area contributed by atoms with Crippen molar-refractivity contribution in [2.45, 2.75) is 41.0 Å². The van der Waals surface area contributed by atoms with E-state index in [-0.39, 0.29) is 18.4 Å². The Hall–Kier alpha value is -1.06. The van der Waals surface area contributed by atoms with Gasteiger partial charge in [0.2, 0.25) is 11.8 Å². The first-order valence-corrected chi connectivity index (χ1v) is 6.45. The summed E-state index contributed by atoms with van der Waals surface area (Å²) in [5, 5.41) is 0. The number of carbonyl (C=O) groups excluding carboxylic acids is 2. The molecule has 0 saturated carbocycles. The lowest BCUT2D eigenvalue weighted by Gasteiger charge is -2.25. The fourth-order valence-corrected chi connectivity index (χ4v) is 1.60. The number of carbonyl (C=O) groups is 2. The average molecular weight is 242 g/mol. The van der Waals surface area contributed by atoms with Crippen LogP contribution in [0.5, 0.6) is 0 Å². The molecule has 17 heavy (non-hydrogen) atoms. The zero-order valence-corrected chi connectivity index (χ0v) is 11.8. The Morgan fingerprint density at radius 2 is 1.59 bits per heavy atom. The van der Waals surface area contributed by atoms with Crippen molar-refractivity contribution >= 4 is 11.8 Å². The molecule has 0 saturated heterocycles. The molecule has 0 aromatic carbocycles. The molecule has 0 rings (SSSR count). The number of amides is 2. The van der Waals surface area contributed by atoms with Gasteiger partial charge in [-0.05, 0) is 26.2 Å². The van der Waals surface area contributed by atoms with E-state index >= 15 is 0 Å². The zero-order valence-electron chi connectivity index (χ0n) is 11.8. The maximum atomic E-state index is 11.9. The molecule has 0 spiro atoms. The summed E-state index contributed by atoms with van der Waals surface area (Å²) in [6, 6.07) is 0. The van der Waals surface area contributed by atoms with Crippen LogP contribution in [0.15, 0.2) is 0 Å². The Balaban J connectivity index is 4.33. The van der Waals surface area contributed by atoms with E-state index in [1.807, 2.05) is 13.8 Å². The second kappa shape index (κ2) is 8.09. The minimum Gasteiger partial charge on any atom is -0.342 e. The molecule has 0 aromatic rings. The molecule has 0 atom stereocenters. The van der Waals surface area contributed by atoms with Crippen LogP contribution in [0, 0.1) is 5.92 Å². The molecule has 2 amide bonds. The third-order valence-corrected chi connectivity index (χ3v) is 2.86. The minimum absolute atomic E-state index is 0.0221. The first kappa shape index (κ1) is 15.9. The van der Waals surface area contributed by atoms with Gasteiger partial charge in [-0.2, -0.15) is 0 Å². The topological polar surface area (TPSA) is 40.6 Å². The second-order valence-electron chi connectivity index (χ2n) is 4.69. The molecular formula is C13H26N2O2. The lowest BCUT2D eigenvalue weighted by molar-refractivity contribution is -0.139. The van der Waals surface area contributed by atoms with Gasteiger partial charge in [0, 0.05) is 26.6 Å². The largest absolute Gasteiger partial charge is 0.342 e. The predicted molar refractivity (Wildman–Crippen MR) is 69.6 cm³/mol. The van der Waals surface area contributed by atoms with E-state index < -0.39 is 0 Å². The first-order valence-electron chi connectivity index (χ1n) is 6.45. The van der Waals surface area contributed by atoms with Crippen LogP contribution in [-0.4, -0.2) is 47.8 Å². The van der Waals surface area contributed by atoms with Crippen LogP contribution < -0.4 is 0 Å². The van der Waals surface area contributed by atoms with Gasteiger partial charge in [0.15, 0.2) is 0 Å². The molecule has 0 aliphatic heterocycles. The van der Waals surface area contributed by atoms with E-state index in [1.54, 1.807) is 9.80 Å². The van der Waals surface area contributed by atoms with Gasteiger partial charge in [-0.25, -0.2) is 0 Å². The van der Waals surface area contributed by atoms with Gasteiger partial charge >= 0.3 is 0 Å². The molecule has 0 heterocycles. The van der Waals surface area contributed by atoms with Crippen LogP contribution in [0.1, 0.15) is 41.0 Å². The van der Waals surface area contributed by atoms with Crippen molar-refractivity contribution in [1.29, 1.82) is 0 Å². The monoisotopic (exact) mass is 242 g/mol. The van der Waals surface area contributed by atoms with Gasteiger partial charge in [0.25, 0.3) is 0 Å². The van der Waals surface area contributed by atoms with Crippen LogP contribution in [0.25, 0.3) is 0 Å². The molecule has 0 fully saturated rings. The molecule has 4 nitrogen and oxygen atoms in total. The molecule has 0 aliphatic rings. The summed E-state index contributed by atoms with van der Waals surface area (Å²) in [6.45, 7) is 11.9. The maximum absolute atomic E-state index is 11.9. The highest BCUT2D eigenvalue weighted by Crippen LogP contribution is 2.03. The average Bonchev–Trinajstić information content (AvgIpc) is 2.25. The van der Waals surface area contributed by atoms with Crippen LogP contribution in [0.3, 0.4) is 0 Å². The highest BCUT2D eigenvalue weighted by atomic mass is 16.2. The highest BCUT2D eigenvalue weighted by molar-refractivity contribution is 5.83. The lowest BCUT2D eigenvalue weighted by Crippen LogP contribution is -2.42. The number of likely N-dealkylation sites (N-methyl/N-ethyl adjacent to an activating group) is 1. The number of hydrogen-bond acceptors (Lipinski definition) is 2. The third kappa shape index (κ3) is 6.29. The molecule has 0 N–H and O–H groups in total. The Bertz CT molecular complexity index is 248. The van der Waals surface area contributed by atoms with E-state index in [4.69, 9.17) is 0 Å². The summed E-state index contributed by atoms with van der Waals surface area (Å²) in [4.78, 5) is 26.7. The van der Waals surface area contributed by atoms with E-state index in [2.05, 4.69) is 13.8 Å². The lowest BCUT2D eigenvalue weighted by atomic mass is 10.1. The first-order chi connectivity index (χ1) is 7.92. The SMILES string of the molecule is CCN(CC)C(=O)CN(CCC(C)C)C(C)=O. The summed E-state index contributed by atoms with van der Waals surface area (Å²) < 4.78 is 0. The fraction of sp³-hybridized carbons (Fsp3) is 0.846. The van der Waals surface area contributed by atoms with Crippen molar-refractivity contribution in [2.75, 3.05) is 26.2 Å². The molecule has 0 aromatic heterocycles. The predicted octanol–water partition coefficient (Wildman–Crippen LogP) is 1.75. The molecule has 0 radical (unpaired) electrons. The van der Waals surface area contributed by atoms with Gasteiger partial charge in [-0.3, -0.25) is 9.59 Å². The van der Waals surface area contributed by atoms with Crippen LogP contribution in [0.2, 0.25) is 0 Å². The van der Waals surface area contributed by atoms with Gasteiger partial charge in [0.1, 0.15) is 0 Å². The Morgan fingerprint density at radius 3 is 1.94 bits per heavy atom. The number of nitrogens with zero attached hydrogens (tertiary/aromatic N) is 2. The minimum atomic E-state index is -0.0221. The zero-order chi connectivity index (χ0) is 13.4. The molecule has 0 unspecified atom stereocenters. The molecule has 4 heteroatoms. The van der Waals surface area contributed by atoms with Gasteiger partial charge in [0.05, 0.1) is 6.54 Å². The summed E-state index contributed by atoms with van der Waals surface area (Å²) in [6.07, 6.45) is 0.936. The Morgan fingerprint density at radius 1 is 1.06 bits per heavy atom. The van der Waals surface area contributed by atoms with Gasteiger partial charge in [-0.15, -0.1) is 0 Å². The van der Waals surface area contributed by atoms with E-state index in [0.717, 1.165) is 6.42 Å². The van der Waals surface area contributed by atoms with E-state index in [0.29, 0.717) is 25.6 Å². The summed E-state index contributed by atoms with van der Waals surface area (Å²) in [5.74, 6) is 0.556. The Kier molecular flexibility index (Phi) is 7.59. The number of hydrogen-bond donors (Lipinski definition) is 0. The molecular weight excluding hydrogens is 216 g/mol. The van der Waals surface area contributed by atoms with Crippen molar-refractivity contribution in [1.82, 2.24) is 9.80 Å². The smallest absolute Gasteiger partial charge is 0.242 e. The van der Waals surface area contributed by atoms with Crippen molar-refractivity contribution in [3.05, 3.63) is 0 Å². The second-order valence-corrected chi connectivity index (χ2v) is 4.69. The van der Waals surface area contributed by atoms with Crippen molar-refractivity contribution in [3.8, 4) is 0 Å². The third-order valence-electron chi connectivity index (χ3n) is 2.86. The van der Waals surface area contributed by atoms with Crippen LogP contribution >= 0.6 is 0 Å². The van der Waals surface area contributed by atoms with E-state index in [1.165, 1.54) is 6.92 Å².